The second-order valence-electron chi connectivity index (χ2n) is 8.54. The maximum absolute atomic E-state index is 11.8. The molecule has 5 heteroatoms. The number of hydrogen-bond acceptors (Lipinski definition) is 2. The summed E-state index contributed by atoms with van der Waals surface area (Å²) in [5.74, 6) is 1.91. The van der Waals surface area contributed by atoms with E-state index in [2.05, 4.69) is 37.9 Å². The topological polar surface area (TPSA) is 23.6 Å². The summed E-state index contributed by atoms with van der Waals surface area (Å²) in [6.07, 6.45) is 9.37. The van der Waals surface area contributed by atoms with Gasteiger partial charge in [0.15, 0.2) is 0 Å². The molecule has 3 nitrogen and oxygen atoms in total. The van der Waals surface area contributed by atoms with Crippen LogP contribution in [0.1, 0.15) is 57.4 Å². The normalized spacial score (nSPS) is 19.9. The molecule has 1 aromatic rings. The fourth-order valence-corrected chi connectivity index (χ4v) is 5.33. The quantitative estimate of drug-likeness (QED) is 0.505. The van der Waals surface area contributed by atoms with Gasteiger partial charge < -0.3 is 9.80 Å². The molecule has 28 heavy (non-hydrogen) atoms. The Bertz CT molecular complexity index is 637. The zero-order valence-corrected chi connectivity index (χ0v) is 19.5. The molecule has 2 saturated heterocycles. The van der Waals surface area contributed by atoms with Gasteiger partial charge in [0.1, 0.15) is 0 Å². The van der Waals surface area contributed by atoms with Crippen LogP contribution < -0.4 is 0 Å². The highest BCUT2D eigenvalue weighted by Gasteiger charge is 2.23. The number of halogens is 2. The van der Waals surface area contributed by atoms with Crippen LogP contribution in [0.4, 0.5) is 0 Å². The molecule has 3 rings (SSSR count). The number of benzene rings is 1. The van der Waals surface area contributed by atoms with Crippen LogP contribution in [-0.2, 0) is 11.2 Å². The molecule has 1 amide bonds. The number of piperidine rings is 2. The average Bonchev–Trinajstić information content (AvgIpc) is 2.72. The van der Waals surface area contributed by atoms with Gasteiger partial charge in [0.25, 0.3) is 0 Å². The van der Waals surface area contributed by atoms with Crippen LogP contribution in [0.3, 0.4) is 0 Å². The van der Waals surface area contributed by atoms with Crippen LogP contribution in [0.5, 0.6) is 0 Å². The molecule has 2 aliphatic heterocycles. The monoisotopic (exact) mass is 468 g/mol. The number of hydrogen-bond donors (Lipinski definition) is 0. The van der Waals surface area contributed by atoms with Crippen molar-refractivity contribution in [1.29, 1.82) is 0 Å². The third-order valence-electron chi connectivity index (χ3n) is 6.58. The predicted molar refractivity (Wildman–Crippen MR) is 121 cm³/mol. The third-order valence-corrected chi connectivity index (χ3v) is 7.59. The van der Waals surface area contributed by atoms with E-state index < -0.39 is 0 Å². The maximum Gasteiger partial charge on any atom is 0.222 e. The number of amides is 1. The number of carbonyl (C=O) groups excluding carboxylic acids is 1. The highest BCUT2D eigenvalue weighted by Crippen LogP contribution is 2.28. The smallest absolute Gasteiger partial charge is 0.222 e. The summed E-state index contributed by atoms with van der Waals surface area (Å²) in [6.45, 7) is 7.61. The van der Waals surface area contributed by atoms with E-state index in [0.717, 1.165) is 36.4 Å². The predicted octanol–water partition coefficient (Wildman–Crippen LogP) is 5.79. The van der Waals surface area contributed by atoms with E-state index in [1.807, 2.05) is 13.0 Å². The molecule has 0 saturated carbocycles. The van der Waals surface area contributed by atoms with Gasteiger partial charge in [0.05, 0.1) is 0 Å². The Kier molecular flexibility index (Phi) is 8.68. The van der Waals surface area contributed by atoms with Crippen LogP contribution in [-0.4, -0.2) is 48.4 Å². The second-order valence-corrected chi connectivity index (χ2v) is 9.84. The minimum Gasteiger partial charge on any atom is -0.343 e. The molecule has 0 spiro atoms. The molecule has 1 aromatic carbocycles. The van der Waals surface area contributed by atoms with E-state index in [0.29, 0.717) is 12.3 Å². The van der Waals surface area contributed by atoms with Crippen molar-refractivity contribution >= 4 is 33.4 Å². The largest absolute Gasteiger partial charge is 0.343 e. The van der Waals surface area contributed by atoms with Crippen molar-refractivity contribution in [3.63, 3.8) is 0 Å². The van der Waals surface area contributed by atoms with Gasteiger partial charge in [-0.15, -0.1) is 0 Å². The molecule has 0 atom stereocenters. The van der Waals surface area contributed by atoms with Crippen molar-refractivity contribution in [2.75, 3.05) is 32.7 Å². The fourth-order valence-electron chi connectivity index (χ4n) is 4.72. The minimum absolute atomic E-state index is 0.325. The van der Waals surface area contributed by atoms with E-state index in [1.54, 1.807) is 0 Å². The molecule has 2 heterocycles. The average molecular weight is 470 g/mol. The molecule has 0 bridgehead atoms. The molecular weight excluding hydrogens is 436 g/mol. The van der Waals surface area contributed by atoms with E-state index >= 15 is 0 Å². The Hall–Kier alpha value is -0.580. The molecule has 2 fully saturated rings. The van der Waals surface area contributed by atoms with Crippen molar-refractivity contribution < 1.29 is 4.79 Å². The van der Waals surface area contributed by atoms with Gasteiger partial charge in [0.2, 0.25) is 5.91 Å². The summed E-state index contributed by atoms with van der Waals surface area (Å²) < 4.78 is 1.19. The molecular formula is C23H34BrClN2O. The van der Waals surface area contributed by atoms with Gasteiger partial charge in [-0.2, -0.15) is 0 Å². The summed E-state index contributed by atoms with van der Waals surface area (Å²) in [4.78, 5) is 16.5. The van der Waals surface area contributed by atoms with Gasteiger partial charge in [-0.1, -0.05) is 34.5 Å². The first-order valence-corrected chi connectivity index (χ1v) is 12.2. The lowest BCUT2D eigenvalue weighted by atomic mass is 9.89. The van der Waals surface area contributed by atoms with Gasteiger partial charge >= 0.3 is 0 Å². The van der Waals surface area contributed by atoms with Crippen LogP contribution >= 0.6 is 27.5 Å². The lowest BCUT2D eigenvalue weighted by Gasteiger charge is -2.34. The van der Waals surface area contributed by atoms with Crippen LogP contribution in [0.25, 0.3) is 0 Å². The van der Waals surface area contributed by atoms with Crippen LogP contribution in [0.15, 0.2) is 22.7 Å². The molecule has 0 radical (unpaired) electrons. The Labute approximate surface area is 183 Å². The zero-order chi connectivity index (χ0) is 19.9. The van der Waals surface area contributed by atoms with Gasteiger partial charge in [-0.05, 0) is 100 Å². The van der Waals surface area contributed by atoms with Crippen molar-refractivity contribution in [3.8, 4) is 0 Å². The Morgan fingerprint density at radius 2 is 1.79 bits per heavy atom. The molecule has 0 aromatic heterocycles. The van der Waals surface area contributed by atoms with Crippen LogP contribution in [0, 0.1) is 11.8 Å². The standard InChI is InChI=1S/C23H34BrClN2O/c1-2-23(28)27-14-9-18(10-15-27)4-3-11-26-12-7-19(8-13-26)16-20-17-21(25)5-6-22(20)24/h5-6,17-19H,2-4,7-16H2,1H3. The summed E-state index contributed by atoms with van der Waals surface area (Å²) in [5, 5.41) is 0.834. The molecule has 0 N–H and O–H groups in total. The number of carbonyl (C=O) groups is 1. The zero-order valence-electron chi connectivity index (χ0n) is 17.1. The van der Waals surface area contributed by atoms with Gasteiger partial charge in [-0.25, -0.2) is 0 Å². The minimum atomic E-state index is 0.325. The van der Waals surface area contributed by atoms with Crippen molar-refractivity contribution in [3.05, 3.63) is 33.3 Å². The van der Waals surface area contributed by atoms with E-state index in [-0.39, 0.29) is 0 Å². The van der Waals surface area contributed by atoms with E-state index in [1.165, 1.54) is 68.2 Å². The lowest BCUT2D eigenvalue weighted by molar-refractivity contribution is -0.132. The first-order valence-electron chi connectivity index (χ1n) is 11.0. The SMILES string of the molecule is CCC(=O)N1CCC(CCCN2CCC(Cc3cc(Cl)ccc3Br)CC2)CC1. The Morgan fingerprint density at radius 1 is 1.11 bits per heavy atom. The summed E-state index contributed by atoms with van der Waals surface area (Å²) in [7, 11) is 0. The molecule has 0 aliphatic carbocycles. The first-order chi connectivity index (χ1) is 13.5. The molecule has 2 aliphatic rings. The van der Waals surface area contributed by atoms with Crippen molar-refractivity contribution in [1.82, 2.24) is 9.80 Å². The van der Waals surface area contributed by atoms with Gasteiger partial charge in [-0.3, -0.25) is 4.79 Å². The lowest BCUT2D eigenvalue weighted by Crippen LogP contribution is -2.38. The van der Waals surface area contributed by atoms with Crippen molar-refractivity contribution in [2.24, 2.45) is 11.8 Å². The highest BCUT2D eigenvalue weighted by atomic mass is 79.9. The molecule has 156 valence electrons. The number of likely N-dealkylation sites (tertiary alicyclic amines) is 2. The number of rotatable bonds is 7. The highest BCUT2D eigenvalue weighted by molar-refractivity contribution is 9.10. The second kappa shape index (κ2) is 11.0. The Morgan fingerprint density at radius 3 is 2.46 bits per heavy atom. The van der Waals surface area contributed by atoms with E-state index in [4.69, 9.17) is 11.6 Å². The maximum atomic E-state index is 11.8. The fraction of sp³-hybridized carbons (Fsp3) is 0.696. The Balaban J connectivity index is 1.31. The van der Waals surface area contributed by atoms with Crippen LogP contribution in [0.2, 0.25) is 5.02 Å². The first kappa shape index (κ1) is 22.1. The number of nitrogens with zero attached hydrogens (tertiary/aromatic N) is 2. The van der Waals surface area contributed by atoms with Gasteiger partial charge in [0, 0.05) is 29.0 Å². The summed E-state index contributed by atoms with van der Waals surface area (Å²) in [6, 6.07) is 6.12. The third kappa shape index (κ3) is 6.47. The molecule has 0 unspecified atom stereocenters. The summed E-state index contributed by atoms with van der Waals surface area (Å²) in [5.41, 5.74) is 1.35. The summed E-state index contributed by atoms with van der Waals surface area (Å²) >= 11 is 9.83. The van der Waals surface area contributed by atoms with Crippen molar-refractivity contribution in [2.45, 2.75) is 58.3 Å². The van der Waals surface area contributed by atoms with E-state index in [9.17, 15) is 4.79 Å².